The summed E-state index contributed by atoms with van der Waals surface area (Å²) in [5.41, 5.74) is 3.29. The smallest absolute Gasteiger partial charge is 0.191 e. The first kappa shape index (κ1) is 20.6. The summed E-state index contributed by atoms with van der Waals surface area (Å²) >= 11 is 0. The number of aliphatic imine (C=N–C) groups is 1. The molecule has 3 rings (SSSR count). The van der Waals surface area contributed by atoms with E-state index in [1.165, 1.54) is 6.07 Å². The number of hydrogen-bond donors (Lipinski definition) is 2. The molecule has 0 aliphatic rings. The van der Waals surface area contributed by atoms with Gasteiger partial charge in [-0.05, 0) is 31.0 Å². The van der Waals surface area contributed by atoms with Crippen LogP contribution in [0.15, 0.2) is 46.4 Å². The Morgan fingerprint density at radius 2 is 2.07 bits per heavy atom. The predicted molar refractivity (Wildman–Crippen MR) is 110 cm³/mol. The largest absolute Gasteiger partial charge is 0.361 e. The fraction of sp³-hybridized carbons (Fsp3) is 0.381. The number of rotatable bonds is 8. The normalized spacial score (nSPS) is 11.7. The summed E-state index contributed by atoms with van der Waals surface area (Å²) in [6.07, 6.45) is 6.51. The van der Waals surface area contributed by atoms with Crippen LogP contribution in [0.5, 0.6) is 0 Å². The number of guanidine groups is 1. The first-order chi connectivity index (χ1) is 14.2. The Balaban J connectivity index is 1.69. The van der Waals surface area contributed by atoms with Gasteiger partial charge in [-0.3, -0.25) is 0 Å². The second kappa shape index (κ2) is 9.86. The van der Waals surface area contributed by atoms with Gasteiger partial charge in [-0.15, -0.1) is 0 Å². The van der Waals surface area contributed by atoms with Gasteiger partial charge in [0.1, 0.15) is 11.6 Å². The number of aromatic nitrogens is 3. The molecule has 0 amide bonds. The van der Waals surface area contributed by atoms with Crippen molar-refractivity contribution in [3.63, 3.8) is 0 Å². The molecule has 0 aliphatic carbocycles. The molecule has 0 saturated heterocycles. The molecule has 0 fully saturated rings. The fourth-order valence-corrected chi connectivity index (χ4v) is 3.08. The summed E-state index contributed by atoms with van der Waals surface area (Å²) in [5, 5.41) is 10.7. The van der Waals surface area contributed by atoms with E-state index in [9.17, 15) is 4.39 Å². The molecule has 8 heteroatoms. The Morgan fingerprint density at radius 3 is 2.72 bits per heavy atom. The van der Waals surface area contributed by atoms with Crippen molar-refractivity contribution in [2.24, 2.45) is 4.99 Å². The van der Waals surface area contributed by atoms with Crippen LogP contribution >= 0.6 is 0 Å². The molecule has 7 nitrogen and oxygen atoms in total. The minimum Gasteiger partial charge on any atom is -0.361 e. The lowest BCUT2D eigenvalue weighted by Gasteiger charge is -2.12. The Bertz CT molecular complexity index is 927. The third kappa shape index (κ3) is 5.01. The summed E-state index contributed by atoms with van der Waals surface area (Å²) < 4.78 is 21.5. The predicted octanol–water partition coefficient (Wildman–Crippen LogP) is 3.38. The number of aryl methyl sites for hydroxylation is 2. The minimum atomic E-state index is -0.307. The first-order valence-electron chi connectivity index (χ1n) is 9.91. The van der Waals surface area contributed by atoms with Crippen molar-refractivity contribution in [2.75, 3.05) is 6.54 Å². The molecule has 29 heavy (non-hydrogen) atoms. The van der Waals surface area contributed by atoms with E-state index in [1.54, 1.807) is 29.4 Å². The highest BCUT2D eigenvalue weighted by Crippen LogP contribution is 2.16. The van der Waals surface area contributed by atoms with Crippen molar-refractivity contribution < 1.29 is 8.91 Å². The Morgan fingerprint density at radius 1 is 1.21 bits per heavy atom. The van der Waals surface area contributed by atoms with E-state index in [4.69, 9.17) is 4.52 Å². The third-order valence-electron chi connectivity index (χ3n) is 4.60. The summed E-state index contributed by atoms with van der Waals surface area (Å²) in [5.74, 6) is 1.25. The summed E-state index contributed by atoms with van der Waals surface area (Å²) in [6, 6.07) is 5.11. The van der Waals surface area contributed by atoms with Crippen LogP contribution in [-0.4, -0.2) is 27.2 Å². The maximum absolute atomic E-state index is 14.4. The molecule has 0 unspecified atom stereocenters. The maximum atomic E-state index is 14.4. The lowest BCUT2D eigenvalue weighted by atomic mass is 10.1. The molecule has 2 heterocycles. The number of nitrogens with one attached hydrogen (secondary N) is 2. The van der Waals surface area contributed by atoms with Crippen LogP contribution in [0.25, 0.3) is 5.69 Å². The monoisotopic (exact) mass is 398 g/mol. The van der Waals surface area contributed by atoms with Crippen LogP contribution in [0, 0.1) is 5.82 Å². The number of benzene rings is 1. The van der Waals surface area contributed by atoms with E-state index in [-0.39, 0.29) is 5.82 Å². The Kier molecular flexibility index (Phi) is 6.99. The Labute approximate surface area is 170 Å². The van der Waals surface area contributed by atoms with Crippen molar-refractivity contribution in [2.45, 2.75) is 46.7 Å². The average Bonchev–Trinajstić information content (AvgIpc) is 3.39. The second-order valence-electron chi connectivity index (χ2n) is 6.54. The van der Waals surface area contributed by atoms with Gasteiger partial charge in [0.2, 0.25) is 0 Å². The zero-order valence-corrected chi connectivity index (χ0v) is 17.1. The minimum absolute atomic E-state index is 0.307. The molecule has 2 N–H and O–H groups in total. The fourth-order valence-electron chi connectivity index (χ4n) is 3.08. The quantitative estimate of drug-likeness (QED) is 0.449. The van der Waals surface area contributed by atoms with Gasteiger partial charge in [0.05, 0.1) is 24.3 Å². The van der Waals surface area contributed by atoms with Gasteiger partial charge >= 0.3 is 0 Å². The SMILES string of the molecule is CCNC(=NCc1ccc(-n2ccnc2)c(F)c1)NCc1c(CC)noc1CC. The van der Waals surface area contributed by atoms with Crippen molar-refractivity contribution in [3.05, 3.63) is 65.3 Å². The molecule has 0 aliphatic heterocycles. The molecule has 3 aromatic rings. The molecular weight excluding hydrogens is 371 g/mol. The van der Waals surface area contributed by atoms with Crippen LogP contribution < -0.4 is 10.6 Å². The maximum Gasteiger partial charge on any atom is 0.191 e. The Hall–Kier alpha value is -3.16. The van der Waals surface area contributed by atoms with Gasteiger partial charge in [-0.25, -0.2) is 14.4 Å². The van der Waals surface area contributed by atoms with E-state index in [0.717, 1.165) is 42.0 Å². The number of halogens is 1. The lowest BCUT2D eigenvalue weighted by Crippen LogP contribution is -2.37. The van der Waals surface area contributed by atoms with Gasteiger partial charge in [0, 0.05) is 37.5 Å². The highest BCUT2D eigenvalue weighted by Gasteiger charge is 2.13. The molecule has 1 aromatic carbocycles. The van der Waals surface area contributed by atoms with Crippen LogP contribution in [0.4, 0.5) is 4.39 Å². The molecule has 0 saturated carbocycles. The van der Waals surface area contributed by atoms with Crippen molar-refractivity contribution in [1.29, 1.82) is 0 Å². The number of imidazole rings is 1. The molecular formula is C21H27FN6O. The third-order valence-corrected chi connectivity index (χ3v) is 4.60. The van der Waals surface area contributed by atoms with Crippen LogP contribution in [0.2, 0.25) is 0 Å². The molecule has 2 aromatic heterocycles. The highest BCUT2D eigenvalue weighted by molar-refractivity contribution is 5.79. The van der Waals surface area contributed by atoms with Crippen LogP contribution in [-0.2, 0) is 25.9 Å². The van der Waals surface area contributed by atoms with E-state index >= 15 is 0 Å². The van der Waals surface area contributed by atoms with Gasteiger partial charge in [0.25, 0.3) is 0 Å². The lowest BCUT2D eigenvalue weighted by molar-refractivity contribution is 0.380. The highest BCUT2D eigenvalue weighted by atomic mass is 19.1. The molecule has 154 valence electrons. The van der Waals surface area contributed by atoms with Crippen molar-refractivity contribution in [3.8, 4) is 5.69 Å². The van der Waals surface area contributed by atoms with Crippen molar-refractivity contribution in [1.82, 2.24) is 25.3 Å². The van der Waals surface area contributed by atoms with E-state index in [0.29, 0.717) is 24.7 Å². The van der Waals surface area contributed by atoms with Crippen LogP contribution in [0.3, 0.4) is 0 Å². The number of nitrogens with zero attached hydrogens (tertiary/aromatic N) is 4. The summed E-state index contributed by atoms with van der Waals surface area (Å²) in [4.78, 5) is 8.54. The molecule has 0 atom stereocenters. The van der Waals surface area contributed by atoms with E-state index in [2.05, 4.69) is 32.7 Å². The summed E-state index contributed by atoms with van der Waals surface area (Å²) in [6.45, 7) is 7.78. The molecule has 0 radical (unpaired) electrons. The molecule has 0 spiro atoms. The van der Waals surface area contributed by atoms with Crippen molar-refractivity contribution >= 4 is 5.96 Å². The number of hydrogen-bond acceptors (Lipinski definition) is 4. The second-order valence-corrected chi connectivity index (χ2v) is 6.54. The van der Waals surface area contributed by atoms with Gasteiger partial charge in [-0.1, -0.05) is 25.1 Å². The standard InChI is InChI=1S/C21H27FN6O/c1-4-18-16(20(5-2)29-27-18)13-26-21(24-6-3)25-12-15-7-8-19(17(22)11-15)28-10-9-23-14-28/h7-11,14H,4-6,12-13H2,1-3H3,(H2,24,25,26). The van der Waals surface area contributed by atoms with Gasteiger partial charge < -0.3 is 19.7 Å². The average molecular weight is 398 g/mol. The van der Waals surface area contributed by atoms with Gasteiger partial charge in [-0.2, -0.15) is 0 Å². The zero-order valence-electron chi connectivity index (χ0n) is 17.1. The summed E-state index contributed by atoms with van der Waals surface area (Å²) in [7, 11) is 0. The van der Waals surface area contributed by atoms with E-state index < -0.39 is 0 Å². The zero-order chi connectivity index (χ0) is 20.6. The topological polar surface area (TPSA) is 80.3 Å². The first-order valence-corrected chi connectivity index (χ1v) is 9.91. The molecule has 0 bridgehead atoms. The van der Waals surface area contributed by atoms with Crippen LogP contribution in [0.1, 0.15) is 43.4 Å². The van der Waals surface area contributed by atoms with Gasteiger partial charge in [0.15, 0.2) is 5.96 Å². The van der Waals surface area contributed by atoms with E-state index in [1.807, 2.05) is 19.9 Å².